The Morgan fingerprint density at radius 1 is 1.33 bits per heavy atom. The fraction of sp³-hybridized carbons (Fsp3) is 0.188. The van der Waals surface area contributed by atoms with Crippen LogP contribution in [0.25, 0.3) is 22.6 Å². The van der Waals surface area contributed by atoms with Crippen molar-refractivity contribution in [1.82, 2.24) is 9.55 Å². The quantitative estimate of drug-likeness (QED) is 0.676. The summed E-state index contributed by atoms with van der Waals surface area (Å²) in [6, 6.07) is 4.68. The molecule has 0 aliphatic carbocycles. The van der Waals surface area contributed by atoms with Gasteiger partial charge in [0.2, 0.25) is 0 Å². The molecule has 0 bridgehead atoms. The van der Waals surface area contributed by atoms with Crippen molar-refractivity contribution in [3.8, 4) is 17.2 Å². The van der Waals surface area contributed by atoms with Crippen LogP contribution >= 0.6 is 11.6 Å². The summed E-state index contributed by atoms with van der Waals surface area (Å²) in [6.45, 7) is 1.27. The van der Waals surface area contributed by atoms with Crippen LogP contribution in [0.4, 0.5) is 0 Å². The third kappa shape index (κ3) is 2.63. The van der Waals surface area contributed by atoms with E-state index in [4.69, 9.17) is 25.5 Å². The van der Waals surface area contributed by atoms with Gasteiger partial charge in [0.05, 0.1) is 12.1 Å². The number of hydrogen-bond acceptors (Lipinski definition) is 6. The van der Waals surface area contributed by atoms with Crippen molar-refractivity contribution in [3.63, 3.8) is 0 Å². The lowest BCUT2D eigenvalue weighted by molar-refractivity contribution is -0.131. The van der Waals surface area contributed by atoms with Crippen molar-refractivity contribution < 1.29 is 23.5 Å². The Balaban J connectivity index is 2.23. The number of ether oxygens (including phenoxy) is 2. The van der Waals surface area contributed by atoms with Crippen LogP contribution in [0.2, 0.25) is 5.02 Å². The Labute approximate surface area is 141 Å². The molecular formula is C16H13ClN2O5. The van der Waals surface area contributed by atoms with Gasteiger partial charge in [-0.25, -0.2) is 4.79 Å². The van der Waals surface area contributed by atoms with Gasteiger partial charge in [0.25, 0.3) is 0 Å². The van der Waals surface area contributed by atoms with Crippen LogP contribution in [0.3, 0.4) is 0 Å². The highest BCUT2D eigenvalue weighted by Gasteiger charge is 2.24. The van der Waals surface area contributed by atoms with E-state index in [1.165, 1.54) is 24.7 Å². The van der Waals surface area contributed by atoms with E-state index in [0.29, 0.717) is 27.6 Å². The maximum absolute atomic E-state index is 11.9. The van der Waals surface area contributed by atoms with Crippen LogP contribution in [-0.2, 0) is 16.6 Å². The van der Waals surface area contributed by atoms with Crippen molar-refractivity contribution >= 4 is 34.6 Å². The summed E-state index contributed by atoms with van der Waals surface area (Å²) in [6.07, 6.45) is 1.56. The number of carbonyl (C=O) groups is 2. The van der Waals surface area contributed by atoms with E-state index in [1.807, 2.05) is 0 Å². The minimum atomic E-state index is -0.565. The van der Waals surface area contributed by atoms with Crippen LogP contribution in [-0.4, -0.2) is 28.6 Å². The molecule has 0 aromatic carbocycles. The molecule has 0 saturated heterocycles. The number of hydrogen-bond donors (Lipinski definition) is 0. The molecule has 0 radical (unpaired) electrons. The first-order chi connectivity index (χ1) is 11.4. The zero-order valence-corrected chi connectivity index (χ0v) is 13.9. The molecule has 8 heteroatoms. The Morgan fingerprint density at radius 3 is 2.71 bits per heavy atom. The fourth-order valence-electron chi connectivity index (χ4n) is 2.42. The summed E-state index contributed by atoms with van der Waals surface area (Å²) < 4.78 is 17.2. The minimum Gasteiger partial charge on any atom is -0.464 e. The zero-order chi connectivity index (χ0) is 17.4. The molecule has 0 fully saturated rings. The zero-order valence-electron chi connectivity index (χ0n) is 13.1. The van der Waals surface area contributed by atoms with Gasteiger partial charge in [-0.2, -0.15) is 0 Å². The number of fused-ring (bicyclic) bond motifs is 1. The molecule has 3 heterocycles. The third-order valence-electron chi connectivity index (χ3n) is 3.44. The lowest BCUT2D eigenvalue weighted by atomic mass is 10.3. The Kier molecular flexibility index (Phi) is 4.02. The number of aromatic nitrogens is 2. The van der Waals surface area contributed by atoms with E-state index < -0.39 is 11.9 Å². The van der Waals surface area contributed by atoms with E-state index in [9.17, 15) is 9.59 Å². The normalized spacial score (nSPS) is 10.8. The first-order valence-electron chi connectivity index (χ1n) is 6.93. The molecule has 0 atom stereocenters. The Bertz CT molecular complexity index is 957. The van der Waals surface area contributed by atoms with E-state index in [-0.39, 0.29) is 11.4 Å². The van der Waals surface area contributed by atoms with E-state index in [1.54, 1.807) is 25.4 Å². The van der Waals surface area contributed by atoms with Crippen molar-refractivity contribution in [1.29, 1.82) is 0 Å². The van der Waals surface area contributed by atoms with Gasteiger partial charge in [-0.15, -0.1) is 0 Å². The number of carbonyl (C=O) groups excluding carboxylic acids is 2. The summed E-state index contributed by atoms with van der Waals surface area (Å²) in [5, 5.41) is 0.405. The first kappa shape index (κ1) is 16.1. The van der Waals surface area contributed by atoms with Crippen LogP contribution in [0, 0.1) is 0 Å². The average molecular weight is 349 g/mol. The monoisotopic (exact) mass is 348 g/mol. The molecule has 24 heavy (non-hydrogen) atoms. The second-order valence-corrected chi connectivity index (χ2v) is 5.41. The van der Waals surface area contributed by atoms with Gasteiger partial charge in [-0.3, -0.25) is 9.78 Å². The van der Waals surface area contributed by atoms with Crippen molar-refractivity contribution in [2.45, 2.75) is 6.92 Å². The van der Waals surface area contributed by atoms with Gasteiger partial charge in [-0.1, -0.05) is 11.6 Å². The van der Waals surface area contributed by atoms with Gasteiger partial charge >= 0.3 is 11.9 Å². The maximum Gasteiger partial charge on any atom is 0.354 e. The second-order valence-electron chi connectivity index (χ2n) is 5.00. The number of nitrogens with zero attached hydrogens (tertiary/aromatic N) is 2. The molecule has 124 valence electrons. The van der Waals surface area contributed by atoms with Crippen LogP contribution < -0.4 is 4.74 Å². The van der Waals surface area contributed by atoms with E-state index >= 15 is 0 Å². The van der Waals surface area contributed by atoms with E-state index in [2.05, 4.69) is 4.98 Å². The number of pyridine rings is 1. The van der Waals surface area contributed by atoms with Crippen molar-refractivity contribution in [2.75, 3.05) is 7.11 Å². The summed E-state index contributed by atoms with van der Waals surface area (Å²) >= 11 is 6.10. The fourth-order valence-corrected chi connectivity index (χ4v) is 2.61. The highest BCUT2D eigenvalue weighted by atomic mass is 35.5. The maximum atomic E-state index is 11.9. The average Bonchev–Trinajstić information content (AvgIpc) is 3.08. The molecule has 0 amide bonds. The minimum absolute atomic E-state index is 0.181. The van der Waals surface area contributed by atoms with Crippen molar-refractivity contribution in [3.05, 3.63) is 35.1 Å². The van der Waals surface area contributed by atoms with E-state index in [0.717, 1.165) is 0 Å². The highest BCUT2D eigenvalue weighted by Crippen LogP contribution is 2.37. The number of esters is 2. The largest absolute Gasteiger partial charge is 0.464 e. The second kappa shape index (κ2) is 6.01. The van der Waals surface area contributed by atoms with Crippen LogP contribution in [0.15, 0.2) is 28.8 Å². The van der Waals surface area contributed by atoms with Gasteiger partial charge < -0.3 is 18.5 Å². The summed E-state index contributed by atoms with van der Waals surface area (Å²) in [4.78, 5) is 27.4. The topological polar surface area (TPSA) is 83.6 Å². The first-order valence-corrected chi connectivity index (χ1v) is 7.31. The molecule has 3 aromatic heterocycles. The van der Waals surface area contributed by atoms with Crippen molar-refractivity contribution in [2.24, 2.45) is 7.05 Å². The molecule has 0 N–H and O–H groups in total. The summed E-state index contributed by atoms with van der Waals surface area (Å²) in [5.74, 6) is -0.546. The molecule has 0 unspecified atom stereocenters. The lowest BCUT2D eigenvalue weighted by Crippen LogP contribution is -2.07. The van der Waals surface area contributed by atoms with Gasteiger partial charge in [0.15, 0.2) is 17.1 Å². The molecule has 0 saturated carbocycles. The standard InChI is InChI=1S/C16H13ClN2O5/c1-8(20)23-13-7-11(16(21)22-3)19(2)14(13)12-6-10-15(24-12)9(17)4-5-18-10/h4-7H,1-3H3. The van der Waals surface area contributed by atoms with Crippen LogP contribution in [0.5, 0.6) is 5.75 Å². The number of furan rings is 1. The third-order valence-corrected chi connectivity index (χ3v) is 3.74. The SMILES string of the molecule is COC(=O)c1cc(OC(C)=O)c(-c2cc3nccc(Cl)c3o2)n1C. The number of methoxy groups -OCH3 is 1. The molecule has 3 rings (SSSR count). The number of rotatable bonds is 3. The molecule has 7 nitrogen and oxygen atoms in total. The van der Waals surface area contributed by atoms with Gasteiger partial charge in [0.1, 0.15) is 16.9 Å². The Hall–Kier alpha value is -2.80. The smallest absolute Gasteiger partial charge is 0.354 e. The van der Waals surface area contributed by atoms with Gasteiger partial charge in [0, 0.05) is 32.3 Å². The lowest BCUT2D eigenvalue weighted by Gasteiger charge is -2.05. The molecule has 0 spiro atoms. The summed E-state index contributed by atoms with van der Waals surface area (Å²) in [7, 11) is 2.90. The predicted molar refractivity (Wildman–Crippen MR) is 86.1 cm³/mol. The molecule has 0 aliphatic heterocycles. The number of halogens is 1. The molecule has 0 aliphatic rings. The Morgan fingerprint density at radius 2 is 2.08 bits per heavy atom. The highest BCUT2D eigenvalue weighted by molar-refractivity contribution is 6.34. The summed E-state index contributed by atoms with van der Waals surface area (Å²) in [5.41, 5.74) is 1.57. The van der Waals surface area contributed by atoms with Gasteiger partial charge in [-0.05, 0) is 6.07 Å². The predicted octanol–water partition coefficient (Wildman–Crippen LogP) is 3.20. The molecule has 3 aromatic rings. The molecular weight excluding hydrogens is 336 g/mol. The van der Waals surface area contributed by atoms with Crippen LogP contribution in [0.1, 0.15) is 17.4 Å².